The molecule has 0 saturated carbocycles. The third-order valence-corrected chi connectivity index (χ3v) is 3.93. The zero-order valence-electron chi connectivity index (χ0n) is 11.6. The smallest absolute Gasteiger partial charge is 0.123 e. The lowest BCUT2D eigenvalue weighted by Gasteiger charge is -2.28. The Morgan fingerprint density at radius 3 is 2.90 bits per heavy atom. The Bertz CT molecular complexity index is 633. The molecule has 0 spiro atoms. The number of imidazole rings is 1. The summed E-state index contributed by atoms with van der Waals surface area (Å²) in [5, 5.41) is 12.1. The molecule has 1 aliphatic rings. The molecule has 2 aromatic rings. The van der Waals surface area contributed by atoms with Crippen LogP contribution >= 0.6 is 0 Å². The minimum absolute atomic E-state index is 0.345. The molecule has 1 unspecified atom stereocenters. The SMILES string of the molecule is CNCc1ncc2n1C(c1ccc(C#N)cc1)CCC2. The maximum Gasteiger partial charge on any atom is 0.123 e. The van der Waals surface area contributed by atoms with E-state index in [-0.39, 0.29) is 0 Å². The molecule has 1 aromatic heterocycles. The van der Waals surface area contributed by atoms with E-state index < -0.39 is 0 Å². The second-order valence-corrected chi connectivity index (χ2v) is 5.21. The number of benzene rings is 1. The van der Waals surface area contributed by atoms with Crippen LogP contribution < -0.4 is 5.32 Å². The molecule has 0 radical (unpaired) electrons. The van der Waals surface area contributed by atoms with Crippen LogP contribution in [0.4, 0.5) is 0 Å². The van der Waals surface area contributed by atoms with Crippen LogP contribution in [0.2, 0.25) is 0 Å². The summed E-state index contributed by atoms with van der Waals surface area (Å²) in [6, 6.07) is 10.5. The van der Waals surface area contributed by atoms with Gasteiger partial charge in [0.05, 0.1) is 24.2 Å². The molecule has 20 heavy (non-hydrogen) atoms. The molecule has 4 nitrogen and oxygen atoms in total. The van der Waals surface area contributed by atoms with Crippen LogP contribution in [0, 0.1) is 11.3 Å². The highest BCUT2D eigenvalue weighted by atomic mass is 15.1. The molecular formula is C16H18N4. The molecule has 2 heterocycles. The Kier molecular flexibility index (Phi) is 3.53. The van der Waals surface area contributed by atoms with Crippen LogP contribution in [0.25, 0.3) is 0 Å². The summed E-state index contributed by atoms with van der Waals surface area (Å²) in [6.45, 7) is 0.785. The summed E-state index contributed by atoms with van der Waals surface area (Å²) in [7, 11) is 1.95. The van der Waals surface area contributed by atoms with Gasteiger partial charge in [0.1, 0.15) is 5.82 Å². The lowest BCUT2D eigenvalue weighted by atomic mass is 9.95. The van der Waals surface area contributed by atoms with Crippen LogP contribution in [0.5, 0.6) is 0 Å². The topological polar surface area (TPSA) is 53.6 Å². The van der Waals surface area contributed by atoms with Gasteiger partial charge in [-0.2, -0.15) is 5.26 Å². The van der Waals surface area contributed by atoms with Gasteiger partial charge in [-0.25, -0.2) is 4.98 Å². The molecule has 4 heteroatoms. The van der Waals surface area contributed by atoms with Crippen molar-refractivity contribution < 1.29 is 0 Å². The number of hydrogen-bond acceptors (Lipinski definition) is 3. The number of rotatable bonds is 3. The van der Waals surface area contributed by atoms with Gasteiger partial charge < -0.3 is 9.88 Å². The van der Waals surface area contributed by atoms with Crippen LogP contribution in [0.1, 0.15) is 41.5 Å². The molecule has 1 aliphatic heterocycles. The van der Waals surface area contributed by atoms with Crippen molar-refractivity contribution in [3.63, 3.8) is 0 Å². The lowest BCUT2D eigenvalue weighted by Crippen LogP contribution is -2.23. The average molecular weight is 266 g/mol. The monoisotopic (exact) mass is 266 g/mol. The van der Waals surface area contributed by atoms with Crippen LogP contribution in [0.15, 0.2) is 30.5 Å². The number of fused-ring (bicyclic) bond motifs is 1. The molecule has 1 aromatic carbocycles. The van der Waals surface area contributed by atoms with Crippen molar-refractivity contribution in [2.45, 2.75) is 31.8 Å². The first kappa shape index (κ1) is 12.9. The number of aromatic nitrogens is 2. The maximum atomic E-state index is 8.90. The first-order valence-corrected chi connectivity index (χ1v) is 7.03. The third-order valence-electron chi connectivity index (χ3n) is 3.93. The molecule has 0 aliphatic carbocycles. The van der Waals surface area contributed by atoms with E-state index in [2.05, 4.69) is 33.1 Å². The summed E-state index contributed by atoms with van der Waals surface area (Å²) in [4.78, 5) is 4.55. The highest BCUT2D eigenvalue weighted by Gasteiger charge is 2.24. The Morgan fingerprint density at radius 2 is 2.20 bits per heavy atom. The van der Waals surface area contributed by atoms with Crippen molar-refractivity contribution in [2.75, 3.05) is 7.05 Å². The molecule has 0 fully saturated rings. The van der Waals surface area contributed by atoms with E-state index >= 15 is 0 Å². The normalized spacial score (nSPS) is 17.5. The number of nitrogens with zero attached hydrogens (tertiary/aromatic N) is 3. The summed E-state index contributed by atoms with van der Waals surface area (Å²) < 4.78 is 2.36. The van der Waals surface area contributed by atoms with Gasteiger partial charge in [0, 0.05) is 11.9 Å². The van der Waals surface area contributed by atoms with Crippen molar-refractivity contribution in [1.82, 2.24) is 14.9 Å². The first-order chi connectivity index (χ1) is 9.83. The van der Waals surface area contributed by atoms with E-state index in [1.807, 2.05) is 25.4 Å². The summed E-state index contributed by atoms with van der Waals surface area (Å²) in [5.41, 5.74) is 3.29. The van der Waals surface area contributed by atoms with Crippen molar-refractivity contribution >= 4 is 0 Å². The molecule has 3 rings (SSSR count). The van der Waals surface area contributed by atoms with E-state index in [0.29, 0.717) is 11.6 Å². The molecule has 1 atom stereocenters. The highest BCUT2D eigenvalue weighted by Crippen LogP contribution is 2.32. The van der Waals surface area contributed by atoms with E-state index in [1.165, 1.54) is 17.7 Å². The Balaban J connectivity index is 1.99. The largest absolute Gasteiger partial charge is 0.323 e. The molecule has 0 amide bonds. The quantitative estimate of drug-likeness (QED) is 0.928. The van der Waals surface area contributed by atoms with Gasteiger partial charge in [0.2, 0.25) is 0 Å². The second kappa shape index (κ2) is 5.48. The van der Waals surface area contributed by atoms with Gasteiger partial charge >= 0.3 is 0 Å². The predicted octanol–water partition coefficient (Wildman–Crippen LogP) is 2.40. The van der Waals surface area contributed by atoms with Crippen LogP contribution in [-0.2, 0) is 13.0 Å². The van der Waals surface area contributed by atoms with Crippen LogP contribution in [0.3, 0.4) is 0 Å². The van der Waals surface area contributed by atoms with Gasteiger partial charge in [0.15, 0.2) is 0 Å². The molecule has 0 saturated heterocycles. The minimum atomic E-state index is 0.345. The number of nitriles is 1. The standard InChI is InChI=1S/C16H18N4/c1-18-11-16-19-10-14-3-2-4-15(20(14)16)13-7-5-12(9-17)6-8-13/h5-8,10,15,18H,2-4,11H2,1H3. The van der Waals surface area contributed by atoms with Gasteiger partial charge in [-0.15, -0.1) is 0 Å². The fraction of sp³-hybridized carbons (Fsp3) is 0.375. The fourth-order valence-electron chi connectivity index (χ4n) is 2.99. The zero-order chi connectivity index (χ0) is 13.9. The summed E-state index contributed by atoms with van der Waals surface area (Å²) in [6.07, 6.45) is 5.42. The third kappa shape index (κ3) is 2.21. The Morgan fingerprint density at radius 1 is 1.40 bits per heavy atom. The molecule has 1 N–H and O–H groups in total. The van der Waals surface area contributed by atoms with Crippen molar-refractivity contribution in [3.8, 4) is 6.07 Å². The van der Waals surface area contributed by atoms with E-state index in [0.717, 1.165) is 25.2 Å². The molecular weight excluding hydrogens is 248 g/mol. The molecule has 0 bridgehead atoms. The number of hydrogen-bond donors (Lipinski definition) is 1. The van der Waals surface area contributed by atoms with Crippen molar-refractivity contribution in [1.29, 1.82) is 5.26 Å². The van der Waals surface area contributed by atoms with Crippen LogP contribution in [-0.4, -0.2) is 16.6 Å². The maximum absolute atomic E-state index is 8.90. The van der Waals surface area contributed by atoms with Crippen molar-refractivity contribution in [3.05, 3.63) is 53.1 Å². The Hall–Kier alpha value is -2.12. The summed E-state index contributed by atoms with van der Waals surface area (Å²) >= 11 is 0. The lowest BCUT2D eigenvalue weighted by molar-refractivity contribution is 0.439. The first-order valence-electron chi connectivity index (χ1n) is 7.03. The highest BCUT2D eigenvalue weighted by molar-refractivity contribution is 5.34. The number of nitrogens with one attached hydrogen (secondary N) is 1. The zero-order valence-corrected chi connectivity index (χ0v) is 11.6. The second-order valence-electron chi connectivity index (χ2n) is 5.21. The molecule has 102 valence electrons. The summed E-state index contributed by atoms with van der Waals surface area (Å²) in [5.74, 6) is 1.09. The predicted molar refractivity (Wildman–Crippen MR) is 77.2 cm³/mol. The Labute approximate surface area is 119 Å². The minimum Gasteiger partial charge on any atom is -0.323 e. The van der Waals surface area contributed by atoms with E-state index in [1.54, 1.807) is 0 Å². The van der Waals surface area contributed by atoms with Crippen molar-refractivity contribution in [2.24, 2.45) is 0 Å². The van der Waals surface area contributed by atoms with E-state index in [9.17, 15) is 0 Å². The average Bonchev–Trinajstić information content (AvgIpc) is 2.91. The fourth-order valence-corrected chi connectivity index (χ4v) is 2.99. The van der Waals surface area contributed by atoms with Gasteiger partial charge in [-0.05, 0) is 44.0 Å². The van der Waals surface area contributed by atoms with Gasteiger partial charge in [-0.1, -0.05) is 12.1 Å². The van der Waals surface area contributed by atoms with E-state index in [4.69, 9.17) is 5.26 Å². The van der Waals surface area contributed by atoms with Gasteiger partial charge in [0.25, 0.3) is 0 Å². The number of aryl methyl sites for hydroxylation is 1. The van der Waals surface area contributed by atoms with Gasteiger partial charge in [-0.3, -0.25) is 0 Å².